The van der Waals surface area contributed by atoms with Crippen LogP contribution in [0.1, 0.15) is 53.9 Å². The van der Waals surface area contributed by atoms with Crippen molar-refractivity contribution in [2.75, 3.05) is 26.8 Å². The Morgan fingerprint density at radius 2 is 1.95 bits per heavy atom. The van der Waals surface area contributed by atoms with Crippen LogP contribution in [0.2, 0.25) is 0 Å². The fourth-order valence-corrected chi connectivity index (χ4v) is 3.50. The molecule has 0 spiro atoms. The van der Waals surface area contributed by atoms with Crippen molar-refractivity contribution in [2.45, 2.75) is 66.0 Å². The SMILES string of the molecule is CCN(CC1CC(C(C)(C)C)CCC1O)C(C)COC. The number of ether oxygens (including phenoxy) is 1. The quantitative estimate of drug-likeness (QED) is 0.813. The minimum Gasteiger partial charge on any atom is -0.393 e. The molecule has 0 bridgehead atoms. The van der Waals surface area contributed by atoms with Crippen LogP contribution < -0.4 is 0 Å². The average molecular weight is 285 g/mol. The van der Waals surface area contributed by atoms with Crippen molar-refractivity contribution in [1.82, 2.24) is 4.90 Å². The second-order valence-corrected chi connectivity index (χ2v) is 7.60. The lowest BCUT2D eigenvalue weighted by molar-refractivity contribution is -0.00741. The second-order valence-electron chi connectivity index (χ2n) is 7.60. The van der Waals surface area contributed by atoms with E-state index in [1.807, 2.05) is 0 Å². The van der Waals surface area contributed by atoms with Crippen LogP contribution in [0.3, 0.4) is 0 Å². The number of hydrogen-bond acceptors (Lipinski definition) is 3. The first-order valence-electron chi connectivity index (χ1n) is 8.20. The first kappa shape index (κ1) is 17.9. The van der Waals surface area contributed by atoms with Gasteiger partial charge in [-0.05, 0) is 50.0 Å². The van der Waals surface area contributed by atoms with Crippen molar-refractivity contribution in [3.63, 3.8) is 0 Å². The molecule has 0 aromatic heterocycles. The Morgan fingerprint density at radius 1 is 1.30 bits per heavy atom. The highest BCUT2D eigenvalue weighted by molar-refractivity contribution is 4.87. The first-order chi connectivity index (χ1) is 9.29. The van der Waals surface area contributed by atoms with Crippen LogP contribution in [0, 0.1) is 17.3 Å². The van der Waals surface area contributed by atoms with E-state index in [9.17, 15) is 5.11 Å². The van der Waals surface area contributed by atoms with Crippen LogP contribution in [0.25, 0.3) is 0 Å². The summed E-state index contributed by atoms with van der Waals surface area (Å²) >= 11 is 0. The van der Waals surface area contributed by atoms with Gasteiger partial charge in [0.25, 0.3) is 0 Å². The predicted molar refractivity (Wildman–Crippen MR) is 84.9 cm³/mol. The Hall–Kier alpha value is -0.120. The van der Waals surface area contributed by atoms with Crippen LogP contribution in [0.4, 0.5) is 0 Å². The zero-order valence-corrected chi connectivity index (χ0v) is 14.4. The molecule has 3 heteroatoms. The third-order valence-electron chi connectivity index (χ3n) is 5.07. The van der Waals surface area contributed by atoms with Gasteiger partial charge in [-0.1, -0.05) is 27.7 Å². The average Bonchev–Trinajstić information content (AvgIpc) is 2.36. The Kier molecular flexibility index (Phi) is 6.96. The second kappa shape index (κ2) is 7.77. The normalized spacial score (nSPS) is 29.7. The minimum absolute atomic E-state index is 0.127. The fraction of sp³-hybridized carbons (Fsp3) is 1.00. The van der Waals surface area contributed by atoms with Crippen molar-refractivity contribution in [1.29, 1.82) is 0 Å². The molecule has 1 N–H and O–H groups in total. The van der Waals surface area contributed by atoms with Gasteiger partial charge < -0.3 is 9.84 Å². The summed E-state index contributed by atoms with van der Waals surface area (Å²) in [7, 11) is 1.76. The van der Waals surface area contributed by atoms with Gasteiger partial charge in [-0.2, -0.15) is 0 Å². The highest BCUT2D eigenvalue weighted by Gasteiger charge is 2.36. The van der Waals surface area contributed by atoms with Crippen LogP contribution in [-0.4, -0.2) is 49.0 Å². The topological polar surface area (TPSA) is 32.7 Å². The van der Waals surface area contributed by atoms with E-state index in [2.05, 4.69) is 39.5 Å². The number of likely N-dealkylation sites (N-methyl/N-ethyl adjacent to an activating group) is 1. The molecule has 4 unspecified atom stereocenters. The number of hydrogen-bond donors (Lipinski definition) is 1. The van der Waals surface area contributed by atoms with Gasteiger partial charge in [0.1, 0.15) is 0 Å². The van der Waals surface area contributed by atoms with Gasteiger partial charge in [0, 0.05) is 19.7 Å². The largest absolute Gasteiger partial charge is 0.393 e. The molecule has 1 aliphatic carbocycles. The number of methoxy groups -OCH3 is 1. The smallest absolute Gasteiger partial charge is 0.0615 e. The Balaban J connectivity index is 2.62. The van der Waals surface area contributed by atoms with E-state index in [-0.39, 0.29) is 6.10 Å². The maximum atomic E-state index is 10.4. The monoisotopic (exact) mass is 285 g/mol. The Bertz CT molecular complexity index is 275. The zero-order valence-electron chi connectivity index (χ0n) is 14.4. The summed E-state index contributed by atoms with van der Waals surface area (Å²) in [4.78, 5) is 2.45. The van der Waals surface area contributed by atoms with E-state index in [0.29, 0.717) is 17.4 Å². The lowest BCUT2D eigenvalue weighted by Gasteiger charge is -2.42. The van der Waals surface area contributed by atoms with Crippen LogP contribution in [0.5, 0.6) is 0 Å². The molecule has 1 saturated carbocycles. The Morgan fingerprint density at radius 3 is 2.45 bits per heavy atom. The number of nitrogens with zero attached hydrogens (tertiary/aromatic N) is 1. The molecular formula is C17H35NO2. The van der Waals surface area contributed by atoms with E-state index in [0.717, 1.165) is 38.5 Å². The minimum atomic E-state index is -0.127. The molecule has 0 saturated heterocycles. The standard InChI is InChI=1S/C17H35NO2/c1-7-18(13(2)12-20-6)11-14-10-15(17(3,4)5)8-9-16(14)19/h13-16,19H,7-12H2,1-6H3. The molecule has 120 valence electrons. The number of aliphatic hydroxyl groups excluding tert-OH is 1. The lowest BCUT2D eigenvalue weighted by atomic mass is 9.68. The summed E-state index contributed by atoms with van der Waals surface area (Å²) in [6.45, 7) is 14.2. The number of rotatable bonds is 6. The molecule has 4 atom stereocenters. The van der Waals surface area contributed by atoms with Gasteiger partial charge in [0.2, 0.25) is 0 Å². The summed E-state index contributed by atoms with van der Waals surface area (Å²) in [5, 5.41) is 10.4. The van der Waals surface area contributed by atoms with Crippen molar-refractivity contribution < 1.29 is 9.84 Å². The molecule has 0 aromatic rings. The van der Waals surface area contributed by atoms with Crippen LogP contribution in [-0.2, 0) is 4.74 Å². The van der Waals surface area contributed by atoms with Crippen molar-refractivity contribution in [2.24, 2.45) is 17.3 Å². The van der Waals surface area contributed by atoms with Crippen molar-refractivity contribution in [3.05, 3.63) is 0 Å². The maximum absolute atomic E-state index is 10.4. The molecule has 3 nitrogen and oxygen atoms in total. The molecular weight excluding hydrogens is 250 g/mol. The van der Waals surface area contributed by atoms with E-state index < -0.39 is 0 Å². The van der Waals surface area contributed by atoms with E-state index in [1.165, 1.54) is 6.42 Å². The predicted octanol–water partition coefficient (Wildman–Crippen LogP) is 3.17. The zero-order chi connectivity index (χ0) is 15.3. The van der Waals surface area contributed by atoms with Crippen LogP contribution in [0.15, 0.2) is 0 Å². The molecule has 1 rings (SSSR count). The lowest BCUT2D eigenvalue weighted by Crippen LogP contribution is -2.45. The summed E-state index contributed by atoms with van der Waals surface area (Å²) in [6, 6.07) is 0.423. The summed E-state index contributed by atoms with van der Waals surface area (Å²) < 4.78 is 5.27. The molecule has 0 amide bonds. The maximum Gasteiger partial charge on any atom is 0.0615 e. The van der Waals surface area contributed by atoms with Gasteiger partial charge in [-0.3, -0.25) is 4.90 Å². The summed E-state index contributed by atoms with van der Waals surface area (Å²) in [6.07, 6.45) is 3.15. The van der Waals surface area contributed by atoms with Gasteiger partial charge in [0.05, 0.1) is 12.7 Å². The van der Waals surface area contributed by atoms with Gasteiger partial charge in [-0.15, -0.1) is 0 Å². The molecule has 1 aliphatic rings. The van der Waals surface area contributed by atoms with Crippen LogP contribution >= 0.6 is 0 Å². The van der Waals surface area contributed by atoms with Gasteiger partial charge in [0.15, 0.2) is 0 Å². The highest BCUT2D eigenvalue weighted by Crippen LogP contribution is 2.40. The third-order valence-corrected chi connectivity index (χ3v) is 5.07. The fourth-order valence-electron chi connectivity index (χ4n) is 3.50. The number of aliphatic hydroxyl groups is 1. The summed E-state index contributed by atoms with van der Waals surface area (Å²) in [5.74, 6) is 1.14. The first-order valence-corrected chi connectivity index (χ1v) is 8.20. The van der Waals surface area contributed by atoms with Gasteiger partial charge in [-0.25, -0.2) is 0 Å². The van der Waals surface area contributed by atoms with E-state index in [4.69, 9.17) is 4.74 Å². The molecule has 20 heavy (non-hydrogen) atoms. The van der Waals surface area contributed by atoms with Gasteiger partial charge >= 0.3 is 0 Å². The molecule has 1 fully saturated rings. The Labute approximate surface area is 125 Å². The molecule has 0 aromatic carbocycles. The van der Waals surface area contributed by atoms with E-state index in [1.54, 1.807) is 7.11 Å². The van der Waals surface area contributed by atoms with Crippen molar-refractivity contribution >= 4 is 0 Å². The van der Waals surface area contributed by atoms with E-state index >= 15 is 0 Å². The summed E-state index contributed by atoms with van der Waals surface area (Å²) in [5.41, 5.74) is 0.355. The van der Waals surface area contributed by atoms with Crippen molar-refractivity contribution in [3.8, 4) is 0 Å². The molecule has 0 heterocycles. The highest BCUT2D eigenvalue weighted by atomic mass is 16.5. The molecule has 0 aliphatic heterocycles. The molecule has 0 radical (unpaired) electrons. The third kappa shape index (κ3) is 5.01.